The summed E-state index contributed by atoms with van der Waals surface area (Å²) in [6.07, 6.45) is 2.94. The molecule has 0 bridgehead atoms. The van der Waals surface area contributed by atoms with E-state index in [4.69, 9.17) is 27.9 Å². The normalized spacial score (nSPS) is 23.4. The third kappa shape index (κ3) is 3.37. The lowest BCUT2D eigenvalue weighted by Crippen LogP contribution is -2.28. The van der Waals surface area contributed by atoms with E-state index in [0.29, 0.717) is 28.3 Å². The lowest BCUT2D eigenvalue weighted by Gasteiger charge is -2.23. The molecule has 2 atom stereocenters. The lowest BCUT2D eigenvalue weighted by molar-refractivity contribution is 0.128. The zero-order chi connectivity index (χ0) is 15.0. The van der Waals surface area contributed by atoms with Gasteiger partial charge in [-0.25, -0.2) is 0 Å². The van der Waals surface area contributed by atoms with E-state index in [1.165, 1.54) is 5.57 Å². The Kier molecular flexibility index (Phi) is 4.46. The average molecular weight is 328 g/mol. The van der Waals surface area contributed by atoms with Crippen molar-refractivity contribution >= 4 is 29.3 Å². The summed E-state index contributed by atoms with van der Waals surface area (Å²) in [6.45, 7) is 5.27. The predicted octanol–water partition coefficient (Wildman–Crippen LogP) is 3.47. The maximum atomic E-state index is 9.67. The first-order chi connectivity index (χ1) is 10.0. The number of halogens is 2. The number of aliphatic hydroxyl groups is 1. The van der Waals surface area contributed by atoms with E-state index in [0.717, 1.165) is 31.6 Å². The van der Waals surface area contributed by atoms with Crippen LogP contribution in [0.25, 0.3) is 6.08 Å². The minimum Gasteiger partial charge on any atom is -0.487 e. The number of rotatable bonds is 3. The van der Waals surface area contributed by atoms with Crippen molar-refractivity contribution < 1.29 is 9.84 Å². The highest BCUT2D eigenvalue weighted by atomic mass is 35.5. The Bertz CT molecular complexity index is 572. The first-order valence-corrected chi connectivity index (χ1v) is 8.00. The summed E-state index contributed by atoms with van der Waals surface area (Å²) in [5, 5.41) is 10.9. The predicted molar refractivity (Wildman–Crippen MR) is 86.2 cm³/mol. The number of ether oxygens (including phenoxy) is 1. The van der Waals surface area contributed by atoms with Crippen molar-refractivity contribution in [3.05, 3.63) is 33.3 Å². The van der Waals surface area contributed by atoms with Crippen LogP contribution in [0.4, 0.5) is 0 Å². The maximum absolute atomic E-state index is 9.67. The second-order valence-corrected chi connectivity index (χ2v) is 6.77. The molecule has 3 rings (SSSR count). The first kappa shape index (κ1) is 15.2. The van der Waals surface area contributed by atoms with Crippen molar-refractivity contribution in [1.82, 2.24) is 4.90 Å². The van der Waals surface area contributed by atoms with Crippen molar-refractivity contribution in [1.29, 1.82) is 0 Å². The highest BCUT2D eigenvalue weighted by molar-refractivity contribution is 6.36. The maximum Gasteiger partial charge on any atom is 0.145 e. The van der Waals surface area contributed by atoms with Crippen molar-refractivity contribution in [2.45, 2.75) is 19.4 Å². The topological polar surface area (TPSA) is 32.7 Å². The summed E-state index contributed by atoms with van der Waals surface area (Å²) in [4.78, 5) is 2.36. The molecule has 1 saturated heterocycles. The van der Waals surface area contributed by atoms with Gasteiger partial charge in [0.2, 0.25) is 0 Å². The summed E-state index contributed by atoms with van der Waals surface area (Å²) in [5.41, 5.74) is 2.16. The number of aliphatic hydroxyl groups excluding tert-OH is 1. The number of fused-ring (bicyclic) bond motifs is 1. The largest absolute Gasteiger partial charge is 0.487 e. The molecule has 0 radical (unpaired) electrons. The minimum absolute atomic E-state index is 0.232. The molecule has 1 aromatic rings. The molecule has 0 spiro atoms. The van der Waals surface area contributed by atoms with E-state index < -0.39 is 0 Å². The SMILES string of the molecule is CC(O)C1CCN(CC2=Cc3cc(Cl)cc(Cl)c3OC2)C1. The number of hydrogen-bond donors (Lipinski definition) is 1. The Morgan fingerprint density at radius 1 is 1.43 bits per heavy atom. The Morgan fingerprint density at radius 3 is 2.95 bits per heavy atom. The van der Waals surface area contributed by atoms with Gasteiger partial charge in [0, 0.05) is 23.7 Å². The first-order valence-electron chi connectivity index (χ1n) is 7.24. The number of likely N-dealkylation sites (tertiary alicyclic amines) is 1. The van der Waals surface area contributed by atoms with E-state index >= 15 is 0 Å². The highest BCUT2D eigenvalue weighted by Crippen LogP contribution is 2.36. The van der Waals surface area contributed by atoms with Gasteiger partial charge < -0.3 is 9.84 Å². The van der Waals surface area contributed by atoms with E-state index in [1.807, 2.05) is 13.0 Å². The zero-order valence-electron chi connectivity index (χ0n) is 12.0. The fourth-order valence-corrected chi connectivity index (χ4v) is 3.61. The second kappa shape index (κ2) is 6.17. The Balaban J connectivity index is 1.72. The molecule has 0 aromatic heterocycles. The molecule has 1 fully saturated rings. The molecular formula is C16H19Cl2NO2. The van der Waals surface area contributed by atoms with Gasteiger partial charge in [-0.2, -0.15) is 0 Å². The van der Waals surface area contributed by atoms with Gasteiger partial charge in [0.15, 0.2) is 0 Å². The van der Waals surface area contributed by atoms with Crippen molar-refractivity contribution in [3.8, 4) is 5.75 Å². The molecule has 2 heterocycles. The zero-order valence-corrected chi connectivity index (χ0v) is 13.5. The minimum atomic E-state index is -0.232. The van der Waals surface area contributed by atoms with Gasteiger partial charge in [0.25, 0.3) is 0 Å². The van der Waals surface area contributed by atoms with Gasteiger partial charge >= 0.3 is 0 Å². The quantitative estimate of drug-likeness (QED) is 0.922. The summed E-state index contributed by atoms with van der Waals surface area (Å²) >= 11 is 12.2. The molecule has 0 aliphatic carbocycles. The third-order valence-electron chi connectivity index (χ3n) is 4.22. The standard InChI is InChI=1S/C16H19Cl2NO2/c1-10(20)12-2-3-19(8-12)7-11-4-13-5-14(17)6-15(18)16(13)21-9-11/h4-6,10,12,20H,2-3,7-9H2,1H3. The summed E-state index contributed by atoms with van der Waals surface area (Å²) in [5.74, 6) is 1.10. The van der Waals surface area contributed by atoms with Gasteiger partial charge in [0.1, 0.15) is 12.4 Å². The van der Waals surface area contributed by atoms with Crippen molar-refractivity contribution in [2.75, 3.05) is 26.2 Å². The van der Waals surface area contributed by atoms with E-state index in [1.54, 1.807) is 6.07 Å². The van der Waals surface area contributed by atoms with Crippen LogP contribution >= 0.6 is 23.2 Å². The molecule has 1 N–H and O–H groups in total. The molecular weight excluding hydrogens is 309 g/mol. The molecule has 2 aliphatic rings. The molecule has 2 unspecified atom stereocenters. The fraction of sp³-hybridized carbons (Fsp3) is 0.500. The van der Waals surface area contributed by atoms with Crippen molar-refractivity contribution in [3.63, 3.8) is 0 Å². The highest BCUT2D eigenvalue weighted by Gasteiger charge is 2.27. The van der Waals surface area contributed by atoms with Crippen LogP contribution in [-0.2, 0) is 0 Å². The van der Waals surface area contributed by atoms with Crippen molar-refractivity contribution in [2.24, 2.45) is 5.92 Å². The molecule has 0 amide bonds. The van der Waals surface area contributed by atoms with Crippen LogP contribution in [-0.4, -0.2) is 42.4 Å². The molecule has 0 saturated carbocycles. The molecule has 2 aliphatic heterocycles. The summed E-state index contributed by atoms with van der Waals surface area (Å²) in [6, 6.07) is 3.58. The lowest BCUT2D eigenvalue weighted by atomic mass is 10.0. The Hall–Kier alpha value is -0.740. The Morgan fingerprint density at radius 2 is 2.24 bits per heavy atom. The van der Waals surface area contributed by atoms with Gasteiger partial charge in [-0.3, -0.25) is 4.90 Å². The molecule has 3 nitrogen and oxygen atoms in total. The van der Waals surface area contributed by atoms with Gasteiger partial charge in [0.05, 0.1) is 11.1 Å². The van der Waals surface area contributed by atoms with Crippen LogP contribution in [0, 0.1) is 5.92 Å². The van der Waals surface area contributed by atoms with Gasteiger partial charge in [-0.05, 0) is 49.6 Å². The average Bonchev–Trinajstić information content (AvgIpc) is 2.86. The van der Waals surface area contributed by atoms with E-state index in [9.17, 15) is 5.11 Å². The summed E-state index contributed by atoms with van der Waals surface area (Å²) < 4.78 is 5.77. The van der Waals surface area contributed by atoms with Crippen LogP contribution in [0.15, 0.2) is 17.7 Å². The molecule has 21 heavy (non-hydrogen) atoms. The third-order valence-corrected chi connectivity index (χ3v) is 4.72. The van der Waals surface area contributed by atoms with Crippen LogP contribution in [0.1, 0.15) is 18.9 Å². The van der Waals surface area contributed by atoms with E-state index in [-0.39, 0.29) is 6.10 Å². The second-order valence-electron chi connectivity index (χ2n) is 5.92. The van der Waals surface area contributed by atoms with Crippen LogP contribution in [0.2, 0.25) is 10.0 Å². The van der Waals surface area contributed by atoms with Crippen LogP contribution < -0.4 is 4.74 Å². The van der Waals surface area contributed by atoms with Crippen LogP contribution in [0.3, 0.4) is 0 Å². The smallest absolute Gasteiger partial charge is 0.145 e. The monoisotopic (exact) mass is 327 g/mol. The molecule has 1 aromatic carbocycles. The van der Waals surface area contributed by atoms with Crippen LogP contribution in [0.5, 0.6) is 5.75 Å². The summed E-state index contributed by atoms with van der Waals surface area (Å²) in [7, 11) is 0. The Labute approximate surface area is 135 Å². The molecule has 5 heteroatoms. The van der Waals surface area contributed by atoms with Gasteiger partial charge in [-0.1, -0.05) is 23.2 Å². The van der Waals surface area contributed by atoms with Gasteiger partial charge in [-0.15, -0.1) is 0 Å². The fourth-order valence-electron chi connectivity index (χ4n) is 3.04. The number of benzene rings is 1. The number of nitrogens with zero attached hydrogens (tertiary/aromatic N) is 1. The van der Waals surface area contributed by atoms with E-state index in [2.05, 4.69) is 11.0 Å². The molecule has 114 valence electrons. The number of hydrogen-bond acceptors (Lipinski definition) is 3.